The van der Waals surface area contributed by atoms with Gasteiger partial charge in [-0.15, -0.1) is 0 Å². The minimum Gasteiger partial charge on any atom is -0.310 e. The monoisotopic (exact) mass is 429 g/mol. The number of benzene rings is 1. The number of nitrogens with one attached hydrogen (secondary N) is 1. The topological polar surface area (TPSA) is 94.5 Å². The lowest BCUT2D eigenvalue weighted by Crippen LogP contribution is -2.18. The number of aromatic nitrogens is 2. The van der Waals surface area contributed by atoms with Crippen LogP contribution in [0.5, 0.6) is 0 Å². The molecule has 0 aliphatic carbocycles. The number of hydrogen-bond donors (Lipinski definition) is 1. The predicted octanol–water partition coefficient (Wildman–Crippen LogP) is 4.89. The highest BCUT2D eigenvalue weighted by Gasteiger charge is 2.21. The van der Waals surface area contributed by atoms with Gasteiger partial charge in [0.1, 0.15) is 23.0 Å². The highest BCUT2D eigenvalue weighted by atomic mass is 32.2. The zero-order chi connectivity index (χ0) is 22.7. The Hall–Kier alpha value is -3.55. The molecule has 1 aromatic carbocycles. The first-order chi connectivity index (χ1) is 14.8. The van der Waals surface area contributed by atoms with Gasteiger partial charge in [0.05, 0.1) is 16.9 Å². The van der Waals surface area contributed by atoms with Gasteiger partial charge < -0.3 is 5.32 Å². The van der Waals surface area contributed by atoms with Crippen LogP contribution in [0.25, 0.3) is 5.69 Å². The van der Waals surface area contributed by atoms with Crippen LogP contribution in [0.4, 0.5) is 5.82 Å². The van der Waals surface area contributed by atoms with Crippen LogP contribution < -0.4 is 5.32 Å². The largest absolute Gasteiger partial charge is 0.310 e. The molecule has 2 heterocycles. The smallest absolute Gasteiger partial charge is 0.235 e. The molecule has 0 spiro atoms. The van der Waals surface area contributed by atoms with E-state index in [1.165, 1.54) is 11.8 Å². The average molecular weight is 430 g/mol. The molecular weight excluding hydrogens is 406 g/mol. The number of hydrogen-bond acceptors (Lipinski definition) is 5. The summed E-state index contributed by atoms with van der Waals surface area (Å²) in [7, 11) is 0. The Bertz CT molecular complexity index is 1250. The third-order valence-corrected chi connectivity index (χ3v) is 6.49. The number of pyridine rings is 1. The average Bonchev–Trinajstić information content (AvgIpc) is 3.00. The van der Waals surface area contributed by atoms with Crippen LogP contribution in [-0.2, 0) is 4.79 Å². The fraction of sp³-hybridized carbons (Fsp3) is 0.250. The van der Waals surface area contributed by atoms with Crippen LogP contribution in [0.3, 0.4) is 0 Å². The Morgan fingerprint density at radius 3 is 2.26 bits per heavy atom. The Morgan fingerprint density at radius 1 is 1.00 bits per heavy atom. The SMILES string of the molecule is Cc1nc(SCC(=O)Nc2c(C#N)c(C)c(C)n2-c2ccccc2)c(C#N)c(C)c1C. The molecule has 0 unspecified atom stereocenters. The molecule has 7 heteroatoms. The molecule has 31 heavy (non-hydrogen) atoms. The second-order valence-electron chi connectivity index (χ2n) is 7.29. The second-order valence-corrected chi connectivity index (χ2v) is 8.26. The number of carbonyl (C=O) groups is 1. The molecule has 3 rings (SSSR count). The number of nitriles is 2. The first-order valence-electron chi connectivity index (χ1n) is 9.78. The van der Waals surface area contributed by atoms with Crippen molar-refractivity contribution in [1.29, 1.82) is 10.5 Å². The van der Waals surface area contributed by atoms with E-state index in [1.54, 1.807) is 0 Å². The van der Waals surface area contributed by atoms with Gasteiger partial charge >= 0.3 is 0 Å². The highest BCUT2D eigenvalue weighted by molar-refractivity contribution is 8.00. The maximum Gasteiger partial charge on any atom is 0.235 e. The van der Waals surface area contributed by atoms with Crippen molar-refractivity contribution >= 4 is 23.5 Å². The molecule has 0 saturated heterocycles. The molecule has 0 aliphatic rings. The summed E-state index contributed by atoms with van der Waals surface area (Å²) in [6, 6.07) is 14.0. The summed E-state index contributed by atoms with van der Waals surface area (Å²) < 4.78 is 1.88. The van der Waals surface area contributed by atoms with Crippen molar-refractivity contribution in [3.63, 3.8) is 0 Å². The van der Waals surface area contributed by atoms with Crippen LogP contribution in [0.2, 0.25) is 0 Å². The maximum atomic E-state index is 12.8. The fourth-order valence-corrected chi connectivity index (χ4v) is 4.29. The summed E-state index contributed by atoms with van der Waals surface area (Å²) in [5, 5.41) is 22.7. The van der Waals surface area contributed by atoms with Crippen LogP contribution in [0, 0.1) is 57.3 Å². The molecule has 0 bridgehead atoms. The van der Waals surface area contributed by atoms with E-state index in [1.807, 2.05) is 69.5 Å². The Kier molecular flexibility index (Phi) is 6.48. The third kappa shape index (κ3) is 4.19. The molecule has 0 atom stereocenters. The third-order valence-electron chi connectivity index (χ3n) is 5.51. The van der Waals surface area contributed by atoms with Crippen LogP contribution in [0.15, 0.2) is 35.4 Å². The van der Waals surface area contributed by atoms with E-state index in [9.17, 15) is 15.3 Å². The minimum absolute atomic E-state index is 0.0759. The number of amides is 1. The number of anilines is 1. The Labute approximate surface area is 186 Å². The van der Waals surface area contributed by atoms with E-state index >= 15 is 0 Å². The number of aryl methyl sites for hydroxylation is 1. The molecule has 6 nitrogen and oxygen atoms in total. The zero-order valence-corrected chi connectivity index (χ0v) is 19.0. The molecule has 1 amide bonds. The van der Waals surface area contributed by atoms with Crippen molar-refractivity contribution in [2.24, 2.45) is 0 Å². The number of nitrogens with zero attached hydrogens (tertiary/aromatic N) is 4. The lowest BCUT2D eigenvalue weighted by atomic mass is 10.1. The van der Waals surface area contributed by atoms with E-state index in [4.69, 9.17) is 0 Å². The number of para-hydroxylation sites is 1. The van der Waals surface area contributed by atoms with Gasteiger partial charge in [-0.25, -0.2) is 4.98 Å². The molecule has 3 aromatic rings. The molecule has 0 radical (unpaired) electrons. The highest BCUT2D eigenvalue weighted by Crippen LogP contribution is 2.31. The Balaban J connectivity index is 1.90. The summed E-state index contributed by atoms with van der Waals surface area (Å²) in [6.45, 7) is 9.52. The normalized spacial score (nSPS) is 10.4. The van der Waals surface area contributed by atoms with Crippen molar-refractivity contribution in [3.05, 3.63) is 69.5 Å². The van der Waals surface area contributed by atoms with Crippen LogP contribution in [0.1, 0.15) is 39.2 Å². The summed E-state index contributed by atoms with van der Waals surface area (Å²) in [4.78, 5) is 17.3. The van der Waals surface area contributed by atoms with Crippen molar-refractivity contribution < 1.29 is 4.79 Å². The molecule has 156 valence electrons. The van der Waals surface area contributed by atoms with Gasteiger partial charge in [0.15, 0.2) is 0 Å². The quantitative estimate of drug-likeness (QED) is 0.583. The molecular formula is C24H23N5OS. The predicted molar refractivity (Wildman–Crippen MR) is 122 cm³/mol. The number of thioether (sulfide) groups is 1. The van der Waals surface area contributed by atoms with E-state index in [-0.39, 0.29) is 11.7 Å². The Morgan fingerprint density at radius 2 is 1.65 bits per heavy atom. The van der Waals surface area contributed by atoms with E-state index in [2.05, 4.69) is 22.4 Å². The van der Waals surface area contributed by atoms with Gasteiger partial charge in [-0.2, -0.15) is 10.5 Å². The van der Waals surface area contributed by atoms with E-state index < -0.39 is 0 Å². The number of carbonyl (C=O) groups excluding carboxylic acids is 1. The lowest BCUT2D eigenvalue weighted by molar-refractivity contribution is -0.113. The molecule has 2 aromatic heterocycles. The molecule has 1 N–H and O–H groups in total. The first kappa shape index (κ1) is 22.1. The fourth-order valence-electron chi connectivity index (χ4n) is 3.41. The number of rotatable bonds is 5. The van der Waals surface area contributed by atoms with E-state index in [0.29, 0.717) is 22.0 Å². The van der Waals surface area contributed by atoms with Crippen molar-refractivity contribution in [1.82, 2.24) is 9.55 Å². The molecule has 0 fully saturated rings. The van der Waals surface area contributed by atoms with Crippen LogP contribution in [-0.4, -0.2) is 21.2 Å². The summed E-state index contributed by atoms with van der Waals surface area (Å²) in [5.74, 6) is 0.267. The van der Waals surface area contributed by atoms with Gasteiger partial charge in [0.2, 0.25) is 5.91 Å². The van der Waals surface area contributed by atoms with Crippen LogP contribution >= 0.6 is 11.8 Å². The summed E-state index contributed by atoms with van der Waals surface area (Å²) >= 11 is 1.22. The van der Waals surface area contributed by atoms with E-state index in [0.717, 1.165) is 33.8 Å². The zero-order valence-electron chi connectivity index (χ0n) is 18.2. The lowest BCUT2D eigenvalue weighted by Gasteiger charge is -2.14. The van der Waals surface area contributed by atoms with Gasteiger partial charge in [-0.3, -0.25) is 9.36 Å². The second kappa shape index (κ2) is 9.07. The van der Waals surface area contributed by atoms with Gasteiger partial charge in [0, 0.05) is 17.1 Å². The van der Waals surface area contributed by atoms with Gasteiger partial charge in [-0.05, 0) is 63.4 Å². The standard InChI is InChI=1S/C24H23N5OS/c1-14-15(2)21(12-26)24(27-17(14)4)31-13-22(30)28-23-20(11-25)16(3)18(5)29(23)19-9-7-6-8-10-19/h6-10H,13H2,1-5H3,(H,28,30). The van der Waals surface area contributed by atoms with Gasteiger partial charge in [0.25, 0.3) is 0 Å². The van der Waals surface area contributed by atoms with Crippen molar-refractivity contribution in [2.45, 2.75) is 39.6 Å². The first-order valence-corrected chi connectivity index (χ1v) is 10.8. The van der Waals surface area contributed by atoms with Crippen molar-refractivity contribution in [2.75, 3.05) is 11.1 Å². The van der Waals surface area contributed by atoms with Crippen molar-refractivity contribution in [3.8, 4) is 17.8 Å². The minimum atomic E-state index is -0.266. The van der Waals surface area contributed by atoms with Gasteiger partial charge in [-0.1, -0.05) is 30.0 Å². The maximum absolute atomic E-state index is 12.8. The molecule has 0 saturated carbocycles. The molecule has 0 aliphatic heterocycles. The summed E-state index contributed by atoms with van der Waals surface area (Å²) in [6.07, 6.45) is 0. The summed E-state index contributed by atoms with van der Waals surface area (Å²) in [5.41, 5.74) is 6.23.